The van der Waals surface area contributed by atoms with Crippen LogP contribution in [-0.4, -0.2) is 55.6 Å². The van der Waals surface area contributed by atoms with Crippen molar-refractivity contribution in [3.05, 3.63) is 42.4 Å². The van der Waals surface area contributed by atoms with Crippen molar-refractivity contribution in [1.82, 2.24) is 24.9 Å². The van der Waals surface area contributed by atoms with Crippen molar-refractivity contribution in [3.8, 4) is 0 Å². The van der Waals surface area contributed by atoms with Gasteiger partial charge in [-0.05, 0) is 44.1 Å². The van der Waals surface area contributed by atoms with Crippen molar-refractivity contribution >= 4 is 17.8 Å². The van der Waals surface area contributed by atoms with Gasteiger partial charge in [-0.3, -0.25) is 19.5 Å². The van der Waals surface area contributed by atoms with Crippen molar-refractivity contribution in [2.45, 2.75) is 57.0 Å². The number of aromatic amines is 1. The van der Waals surface area contributed by atoms with Crippen LogP contribution in [0.2, 0.25) is 0 Å². The lowest BCUT2D eigenvalue weighted by atomic mass is 9.95. The van der Waals surface area contributed by atoms with Gasteiger partial charge in [-0.2, -0.15) is 10.2 Å². The summed E-state index contributed by atoms with van der Waals surface area (Å²) >= 11 is 0. The molecule has 4 atom stereocenters. The summed E-state index contributed by atoms with van der Waals surface area (Å²) in [7, 11) is 1.82. The average molecular weight is 427 g/mol. The minimum atomic E-state index is -0.243. The minimum Gasteiger partial charge on any atom is -0.449 e. The number of anilines is 1. The number of H-pyrrole nitrogens is 1. The Balaban J connectivity index is 1.23. The SMILES string of the molecule is C=C[C@H]1C[C@H](C)N1C(=O)OCC1CC[C@H](c2cc(NC(=O)Cc3cnn(C)c3)n[nH]2)C1. The Morgan fingerprint density at radius 3 is 2.94 bits per heavy atom. The molecule has 2 fully saturated rings. The molecule has 1 aliphatic heterocycles. The van der Waals surface area contributed by atoms with Gasteiger partial charge in [0.15, 0.2) is 5.82 Å². The Labute approximate surface area is 181 Å². The van der Waals surface area contributed by atoms with Crippen LogP contribution in [0.5, 0.6) is 0 Å². The van der Waals surface area contributed by atoms with Gasteiger partial charge in [0.05, 0.1) is 25.3 Å². The van der Waals surface area contributed by atoms with Crippen LogP contribution in [0.15, 0.2) is 31.1 Å². The molecule has 0 spiro atoms. The summed E-state index contributed by atoms with van der Waals surface area (Å²) < 4.78 is 7.25. The average Bonchev–Trinajstić information content (AvgIpc) is 3.45. The molecule has 166 valence electrons. The molecular formula is C22H30N6O3. The van der Waals surface area contributed by atoms with Crippen molar-refractivity contribution in [1.29, 1.82) is 0 Å². The summed E-state index contributed by atoms with van der Waals surface area (Å²) in [5.41, 5.74) is 1.87. The molecule has 3 heterocycles. The maximum atomic E-state index is 12.3. The Morgan fingerprint density at radius 2 is 2.23 bits per heavy atom. The molecule has 4 rings (SSSR count). The number of carbonyl (C=O) groups excluding carboxylic acids is 2. The van der Waals surface area contributed by atoms with E-state index in [1.165, 1.54) is 0 Å². The van der Waals surface area contributed by atoms with Crippen LogP contribution >= 0.6 is 0 Å². The molecular weight excluding hydrogens is 396 g/mol. The fraction of sp³-hybridized carbons (Fsp3) is 0.545. The summed E-state index contributed by atoms with van der Waals surface area (Å²) in [6.07, 6.45) is 9.20. The summed E-state index contributed by atoms with van der Waals surface area (Å²) in [4.78, 5) is 26.3. The number of aromatic nitrogens is 4. The zero-order valence-electron chi connectivity index (χ0n) is 18.1. The highest BCUT2D eigenvalue weighted by molar-refractivity contribution is 5.91. The molecule has 2 N–H and O–H groups in total. The molecule has 2 aliphatic rings. The maximum Gasteiger partial charge on any atom is 0.410 e. The molecule has 2 aromatic heterocycles. The number of nitrogens with zero attached hydrogens (tertiary/aromatic N) is 4. The van der Waals surface area contributed by atoms with Gasteiger partial charge >= 0.3 is 6.09 Å². The number of hydrogen-bond acceptors (Lipinski definition) is 5. The number of likely N-dealkylation sites (tertiary alicyclic amines) is 1. The first kappa shape index (κ1) is 21.1. The van der Waals surface area contributed by atoms with Crippen LogP contribution in [0.1, 0.15) is 49.8 Å². The lowest BCUT2D eigenvalue weighted by Crippen LogP contribution is -2.56. The van der Waals surface area contributed by atoms with Crippen LogP contribution < -0.4 is 5.32 Å². The van der Waals surface area contributed by atoms with E-state index in [4.69, 9.17) is 4.74 Å². The first-order chi connectivity index (χ1) is 14.9. The molecule has 0 radical (unpaired) electrons. The van der Waals surface area contributed by atoms with E-state index in [2.05, 4.69) is 27.2 Å². The first-order valence-electron chi connectivity index (χ1n) is 10.8. The smallest absolute Gasteiger partial charge is 0.410 e. The second-order valence-electron chi connectivity index (χ2n) is 8.70. The van der Waals surface area contributed by atoms with E-state index in [-0.39, 0.29) is 30.5 Å². The predicted molar refractivity (Wildman–Crippen MR) is 115 cm³/mol. The van der Waals surface area contributed by atoms with E-state index in [1.54, 1.807) is 21.9 Å². The highest BCUT2D eigenvalue weighted by Gasteiger charge is 2.38. The number of rotatable bonds is 7. The van der Waals surface area contributed by atoms with Gasteiger partial charge in [0.1, 0.15) is 0 Å². The van der Waals surface area contributed by atoms with Gasteiger partial charge in [0.25, 0.3) is 0 Å². The quantitative estimate of drug-likeness (QED) is 0.662. The highest BCUT2D eigenvalue weighted by atomic mass is 16.6. The van der Waals surface area contributed by atoms with Gasteiger partial charge in [0.2, 0.25) is 5.91 Å². The van der Waals surface area contributed by atoms with Crippen LogP contribution in [0.25, 0.3) is 0 Å². The molecule has 0 aromatic carbocycles. The normalized spacial score (nSPS) is 25.2. The van der Waals surface area contributed by atoms with Gasteiger partial charge in [-0.1, -0.05) is 6.08 Å². The molecule has 31 heavy (non-hydrogen) atoms. The fourth-order valence-corrected chi connectivity index (χ4v) is 4.61. The van der Waals surface area contributed by atoms with Crippen molar-refractivity contribution < 1.29 is 14.3 Å². The number of aryl methyl sites for hydroxylation is 1. The number of nitrogens with one attached hydrogen (secondary N) is 2. The third-order valence-corrected chi connectivity index (χ3v) is 6.31. The second kappa shape index (κ2) is 8.95. The molecule has 1 saturated carbocycles. The largest absolute Gasteiger partial charge is 0.449 e. The van der Waals surface area contributed by atoms with Crippen LogP contribution in [0.3, 0.4) is 0 Å². The third-order valence-electron chi connectivity index (χ3n) is 6.31. The molecule has 1 unspecified atom stereocenters. The summed E-state index contributed by atoms with van der Waals surface area (Å²) in [5.74, 6) is 1.06. The van der Waals surface area contributed by atoms with E-state index in [0.717, 1.165) is 36.9 Å². The molecule has 0 bridgehead atoms. The molecule has 1 aliphatic carbocycles. The molecule has 9 heteroatoms. The zero-order chi connectivity index (χ0) is 22.0. The Kier molecular flexibility index (Phi) is 6.11. The molecule has 1 saturated heterocycles. The monoisotopic (exact) mass is 426 g/mol. The van der Waals surface area contributed by atoms with Crippen molar-refractivity contribution in [2.75, 3.05) is 11.9 Å². The zero-order valence-corrected chi connectivity index (χ0v) is 18.1. The minimum absolute atomic E-state index is 0.0932. The molecule has 9 nitrogen and oxygen atoms in total. The lowest BCUT2D eigenvalue weighted by molar-refractivity contribution is -0.115. The van der Waals surface area contributed by atoms with Gasteiger partial charge < -0.3 is 10.1 Å². The van der Waals surface area contributed by atoms with E-state index < -0.39 is 0 Å². The van der Waals surface area contributed by atoms with Gasteiger partial charge in [-0.15, -0.1) is 6.58 Å². The highest BCUT2D eigenvalue weighted by Crippen LogP contribution is 2.38. The summed E-state index contributed by atoms with van der Waals surface area (Å²) in [6.45, 7) is 6.25. The first-order valence-corrected chi connectivity index (χ1v) is 10.8. The van der Waals surface area contributed by atoms with E-state index in [9.17, 15) is 9.59 Å². The number of hydrogen-bond donors (Lipinski definition) is 2. The number of amides is 2. The van der Waals surface area contributed by atoms with Gasteiger partial charge in [0, 0.05) is 37.0 Å². The summed E-state index contributed by atoms with van der Waals surface area (Å²) in [6, 6.07) is 2.20. The third kappa shape index (κ3) is 4.81. The fourth-order valence-electron chi connectivity index (χ4n) is 4.61. The molecule has 2 amide bonds. The predicted octanol–water partition coefficient (Wildman–Crippen LogP) is 2.99. The van der Waals surface area contributed by atoms with Crippen LogP contribution in [0, 0.1) is 5.92 Å². The van der Waals surface area contributed by atoms with E-state index >= 15 is 0 Å². The van der Waals surface area contributed by atoms with Gasteiger partial charge in [-0.25, -0.2) is 4.79 Å². The topological polar surface area (TPSA) is 105 Å². The second-order valence-corrected chi connectivity index (χ2v) is 8.70. The Bertz CT molecular complexity index is 951. The number of carbonyl (C=O) groups is 2. The van der Waals surface area contributed by atoms with Crippen LogP contribution in [0.4, 0.5) is 10.6 Å². The lowest BCUT2D eigenvalue weighted by Gasteiger charge is -2.44. The maximum absolute atomic E-state index is 12.3. The van der Waals surface area contributed by atoms with E-state index in [1.807, 2.05) is 26.2 Å². The van der Waals surface area contributed by atoms with Crippen molar-refractivity contribution in [2.24, 2.45) is 13.0 Å². The standard InChI is InChI=1S/C22H30N6O3/c1-4-18-7-14(2)28(18)22(30)31-13-15-5-6-17(8-15)19-10-20(26-25-19)24-21(29)9-16-11-23-27(3)12-16/h4,10-12,14-15,17-18H,1,5-9,13H2,2-3H3,(H2,24,25,26,29)/t14-,15?,17-,18-/m0/s1. The number of ether oxygens (including phenoxy) is 1. The Morgan fingerprint density at radius 1 is 1.39 bits per heavy atom. The van der Waals surface area contributed by atoms with E-state index in [0.29, 0.717) is 24.3 Å². The summed E-state index contributed by atoms with van der Waals surface area (Å²) in [5, 5.41) is 14.2. The van der Waals surface area contributed by atoms with Crippen molar-refractivity contribution in [3.63, 3.8) is 0 Å². The van der Waals surface area contributed by atoms with Crippen LogP contribution in [-0.2, 0) is 23.0 Å². The molecule has 2 aromatic rings. The Hall–Kier alpha value is -3.10.